The number of hydrogen-bond acceptors (Lipinski definition) is 3. The van der Waals surface area contributed by atoms with Crippen molar-refractivity contribution in [3.05, 3.63) is 58.9 Å². The van der Waals surface area contributed by atoms with E-state index in [-0.39, 0.29) is 11.5 Å². The van der Waals surface area contributed by atoms with E-state index in [1.807, 2.05) is 6.92 Å². The molecular formula is C15H14N2O3. The zero-order valence-electron chi connectivity index (χ0n) is 11.2. The summed E-state index contributed by atoms with van der Waals surface area (Å²) < 4.78 is 0. The van der Waals surface area contributed by atoms with E-state index in [0.29, 0.717) is 16.8 Å². The third-order valence-corrected chi connectivity index (χ3v) is 2.88. The lowest BCUT2D eigenvalue weighted by molar-refractivity contribution is 0.0698. The Kier molecular flexibility index (Phi) is 3.79. The van der Waals surface area contributed by atoms with Crippen LogP contribution in [0.15, 0.2) is 36.7 Å². The van der Waals surface area contributed by atoms with Crippen molar-refractivity contribution >= 4 is 17.6 Å². The molecule has 0 saturated carbocycles. The summed E-state index contributed by atoms with van der Waals surface area (Å²) in [6, 6.07) is 6.54. The first kappa shape index (κ1) is 13.7. The summed E-state index contributed by atoms with van der Waals surface area (Å²) in [6.07, 6.45) is 3.09. The van der Waals surface area contributed by atoms with Crippen molar-refractivity contribution in [3.63, 3.8) is 0 Å². The van der Waals surface area contributed by atoms with Gasteiger partial charge in [-0.2, -0.15) is 0 Å². The van der Waals surface area contributed by atoms with Gasteiger partial charge in [0, 0.05) is 12.4 Å². The number of pyridine rings is 1. The molecule has 0 aliphatic heterocycles. The van der Waals surface area contributed by atoms with Gasteiger partial charge >= 0.3 is 5.97 Å². The Labute approximate surface area is 116 Å². The average molecular weight is 270 g/mol. The molecule has 0 saturated heterocycles. The van der Waals surface area contributed by atoms with E-state index < -0.39 is 5.97 Å². The van der Waals surface area contributed by atoms with E-state index in [2.05, 4.69) is 10.3 Å². The van der Waals surface area contributed by atoms with E-state index in [4.69, 9.17) is 5.11 Å². The SMILES string of the molecule is Cc1cncc(C(=O)Nc2c(C)cccc2C(=O)O)c1. The molecule has 0 spiro atoms. The second-order valence-electron chi connectivity index (χ2n) is 4.51. The van der Waals surface area contributed by atoms with Crippen molar-refractivity contribution in [1.82, 2.24) is 4.98 Å². The molecule has 102 valence electrons. The molecule has 2 N–H and O–H groups in total. The topological polar surface area (TPSA) is 79.3 Å². The molecular weight excluding hydrogens is 256 g/mol. The molecule has 0 aliphatic carbocycles. The number of carbonyl (C=O) groups excluding carboxylic acids is 1. The molecule has 1 amide bonds. The molecule has 1 heterocycles. The molecule has 5 nitrogen and oxygen atoms in total. The Morgan fingerprint density at radius 3 is 2.60 bits per heavy atom. The Morgan fingerprint density at radius 2 is 1.95 bits per heavy atom. The lowest BCUT2D eigenvalue weighted by atomic mass is 10.1. The smallest absolute Gasteiger partial charge is 0.337 e. The third-order valence-electron chi connectivity index (χ3n) is 2.88. The highest BCUT2D eigenvalue weighted by atomic mass is 16.4. The fourth-order valence-corrected chi connectivity index (χ4v) is 1.88. The van der Waals surface area contributed by atoms with E-state index in [1.54, 1.807) is 31.3 Å². The number of benzene rings is 1. The second kappa shape index (κ2) is 5.52. The number of carbonyl (C=O) groups is 2. The van der Waals surface area contributed by atoms with Crippen molar-refractivity contribution in [2.45, 2.75) is 13.8 Å². The normalized spacial score (nSPS) is 10.1. The van der Waals surface area contributed by atoms with Gasteiger partial charge in [0.1, 0.15) is 0 Å². The van der Waals surface area contributed by atoms with Crippen molar-refractivity contribution in [2.75, 3.05) is 5.32 Å². The highest BCUT2D eigenvalue weighted by Crippen LogP contribution is 2.21. The van der Waals surface area contributed by atoms with Gasteiger partial charge in [-0.3, -0.25) is 9.78 Å². The fraction of sp³-hybridized carbons (Fsp3) is 0.133. The Bertz CT molecular complexity index is 681. The highest BCUT2D eigenvalue weighted by Gasteiger charge is 2.15. The summed E-state index contributed by atoms with van der Waals surface area (Å²) in [5, 5.41) is 11.8. The minimum Gasteiger partial charge on any atom is -0.478 e. The van der Waals surface area contributed by atoms with Crippen LogP contribution in [0.5, 0.6) is 0 Å². The summed E-state index contributed by atoms with van der Waals surface area (Å²) in [6.45, 7) is 3.58. The molecule has 1 aromatic heterocycles. The average Bonchev–Trinajstić information content (AvgIpc) is 2.40. The maximum Gasteiger partial charge on any atom is 0.337 e. The summed E-state index contributed by atoms with van der Waals surface area (Å²) in [5.41, 5.74) is 2.33. The van der Waals surface area contributed by atoms with E-state index in [9.17, 15) is 9.59 Å². The monoisotopic (exact) mass is 270 g/mol. The molecule has 20 heavy (non-hydrogen) atoms. The number of nitrogens with one attached hydrogen (secondary N) is 1. The van der Waals surface area contributed by atoms with Gasteiger partial charge in [-0.25, -0.2) is 4.79 Å². The van der Waals surface area contributed by atoms with Crippen LogP contribution in [-0.2, 0) is 0 Å². The number of hydrogen-bond donors (Lipinski definition) is 2. The molecule has 5 heteroatoms. The van der Waals surface area contributed by atoms with Crippen LogP contribution < -0.4 is 5.32 Å². The van der Waals surface area contributed by atoms with E-state index >= 15 is 0 Å². The molecule has 0 unspecified atom stereocenters. The third kappa shape index (κ3) is 2.83. The zero-order chi connectivity index (χ0) is 14.7. The Balaban J connectivity index is 2.35. The van der Waals surface area contributed by atoms with Crippen molar-refractivity contribution in [2.24, 2.45) is 0 Å². The first-order valence-electron chi connectivity index (χ1n) is 6.05. The molecule has 0 radical (unpaired) electrons. The van der Waals surface area contributed by atoms with Crippen molar-refractivity contribution < 1.29 is 14.7 Å². The predicted octanol–water partition coefficient (Wildman–Crippen LogP) is 2.65. The van der Waals surface area contributed by atoms with Gasteiger partial charge in [0.15, 0.2) is 0 Å². The zero-order valence-corrected chi connectivity index (χ0v) is 11.2. The molecule has 2 aromatic rings. The fourth-order valence-electron chi connectivity index (χ4n) is 1.88. The summed E-state index contributed by atoms with van der Waals surface area (Å²) >= 11 is 0. The van der Waals surface area contributed by atoms with Crippen molar-refractivity contribution in [3.8, 4) is 0 Å². The first-order valence-corrected chi connectivity index (χ1v) is 6.05. The standard InChI is InChI=1S/C15H14N2O3/c1-9-6-11(8-16-7-9)14(18)17-13-10(2)4-3-5-12(13)15(19)20/h3-8H,1-2H3,(H,17,18)(H,19,20). The van der Waals surface area contributed by atoms with Gasteiger partial charge in [0.25, 0.3) is 5.91 Å². The summed E-state index contributed by atoms with van der Waals surface area (Å²) in [7, 11) is 0. The number of nitrogens with zero attached hydrogens (tertiary/aromatic N) is 1. The maximum absolute atomic E-state index is 12.1. The van der Waals surface area contributed by atoms with E-state index in [0.717, 1.165) is 5.56 Å². The maximum atomic E-state index is 12.1. The summed E-state index contributed by atoms with van der Waals surface area (Å²) in [4.78, 5) is 27.3. The quantitative estimate of drug-likeness (QED) is 0.898. The summed E-state index contributed by atoms with van der Waals surface area (Å²) in [5.74, 6) is -1.45. The second-order valence-corrected chi connectivity index (χ2v) is 4.51. The molecule has 0 fully saturated rings. The Hall–Kier alpha value is -2.69. The number of anilines is 1. The van der Waals surface area contributed by atoms with Crippen LogP contribution in [-0.4, -0.2) is 22.0 Å². The lowest BCUT2D eigenvalue weighted by Gasteiger charge is -2.11. The van der Waals surface area contributed by atoms with Gasteiger partial charge in [-0.05, 0) is 37.1 Å². The number of carboxylic acids is 1. The molecule has 1 aromatic carbocycles. The highest BCUT2D eigenvalue weighted by molar-refractivity contribution is 6.08. The molecule has 2 rings (SSSR count). The van der Waals surface area contributed by atoms with Crippen LogP contribution in [0.2, 0.25) is 0 Å². The first-order chi connectivity index (χ1) is 9.49. The van der Waals surface area contributed by atoms with Crippen LogP contribution >= 0.6 is 0 Å². The molecule has 0 atom stereocenters. The minimum atomic E-state index is -1.08. The van der Waals surface area contributed by atoms with Crippen LogP contribution in [0.1, 0.15) is 31.8 Å². The van der Waals surface area contributed by atoms with Gasteiger partial charge in [-0.1, -0.05) is 12.1 Å². The minimum absolute atomic E-state index is 0.0685. The van der Waals surface area contributed by atoms with Crippen LogP contribution in [0.25, 0.3) is 0 Å². The van der Waals surface area contributed by atoms with Gasteiger partial charge in [-0.15, -0.1) is 0 Å². The predicted molar refractivity (Wildman–Crippen MR) is 75.1 cm³/mol. The number of carboxylic acid groups (broad SMARTS) is 1. The Morgan fingerprint density at radius 1 is 1.20 bits per heavy atom. The van der Waals surface area contributed by atoms with Crippen LogP contribution in [0, 0.1) is 13.8 Å². The van der Waals surface area contributed by atoms with Gasteiger partial charge < -0.3 is 10.4 Å². The van der Waals surface area contributed by atoms with Crippen LogP contribution in [0.4, 0.5) is 5.69 Å². The number of aromatic carboxylic acids is 1. The lowest BCUT2D eigenvalue weighted by Crippen LogP contribution is -2.16. The van der Waals surface area contributed by atoms with Crippen LogP contribution in [0.3, 0.4) is 0 Å². The van der Waals surface area contributed by atoms with E-state index in [1.165, 1.54) is 12.3 Å². The number of para-hydroxylation sites is 1. The van der Waals surface area contributed by atoms with Gasteiger partial charge in [0.2, 0.25) is 0 Å². The molecule has 0 bridgehead atoms. The number of aromatic nitrogens is 1. The number of aryl methyl sites for hydroxylation is 2. The van der Waals surface area contributed by atoms with Crippen molar-refractivity contribution in [1.29, 1.82) is 0 Å². The number of amides is 1. The van der Waals surface area contributed by atoms with Gasteiger partial charge in [0.05, 0.1) is 16.8 Å². The number of rotatable bonds is 3. The molecule has 0 aliphatic rings. The largest absolute Gasteiger partial charge is 0.478 e.